The van der Waals surface area contributed by atoms with E-state index in [-0.39, 0.29) is 36.7 Å². The van der Waals surface area contributed by atoms with Gasteiger partial charge in [-0.3, -0.25) is 19.3 Å². The van der Waals surface area contributed by atoms with Crippen LogP contribution in [-0.4, -0.2) is 47.2 Å². The van der Waals surface area contributed by atoms with E-state index in [0.29, 0.717) is 17.7 Å². The van der Waals surface area contributed by atoms with Crippen molar-refractivity contribution in [1.29, 1.82) is 0 Å². The SMILES string of the molecule is COc1ccc(CN(C(=O)CCN2C(=O)c3ccccc3C2=O)C2CC2)cc1. The molecule has 0 radical (unpaired) electrons. The van der Waals surface area contributed by atoms with E-state index in [2.05, 4.69) is 0 Å². The van der Waals surface area contributed by atoms with Gasteiger partial charge in [-0.15, -0.1) is 0 Å². The largest absolute Gasteiger partial charge is 0.497 e. The van der Waals surface area contributed by atoms with Crippen LogP contribution >= 0.6 is 0 Å². The lowest BCUT2D eigenvalue weighted by atomic mass is 10.1. The van der Waals surface area contributed by atoms with Crippen LogP contribution in [0.5, 0.6) is 5.75 Å². The Morgan fingerprint density at radius 3 is 2.18 bits per heavy atom. The summed E-state index contributed by atoms with van der Waals surface area (Å²) in [5.41, 5.74) is 1.86. The molecule has 0 bridgehead atoms. The first-order chi connectivity index (χ1) is 13.6. The summed E-state index contributed by atoms with van der Waals surface area (Å²) in [6, 6.07) is 14.7. The van der Waals surface area contributed by atoms with Gasteiger partial charge in [0.25, 0.3) is 11.8 Å². The smallest absolute Gasteiger partial charge is 0.261 e. The molecule has 2 aliphatic rings. The standard InChI is InChI=1S/C22H22N2O4/c1-28-17-10-6-15(7-11-17)14-24(16-8-9-16)20(25)12-13-23-21(26)18-4-2-3-5-19(18)22(23)27/h2-7,10-11,16H,8-9,12-14H2,1H3. The van der Waals surface area contributed by atoms with Gasteiger partial charge in [0.2, 0.25) is 5.91 Å². The second-order valence-electron chi connectivity index (χ2n) is 7.16. The van der Waals surface area contributed by atoms with Crippen molar-refractivity contribution < 1.29 is 19.1 Å². The molecule has 28 heavy (non-hydrogen) atoms. The van der Waals surface area contributed by atoms with E-state index in [9.17, 15) is 14.4 Å². The number of ether oxygens (including phenoxy) is 1. The van der Waals surface area contributed by atoms with E-state index < -0.39 is 0 Å². The van der Waals surface area contributed by atoms with E-state index in [1.165, 1.54) is 4.90 Å². The molecule has 1 fully saturated rings. The molecule has 0 N–H and O–H groups in total. The Kier molecular flexibility index (Phi) is 4.86. The van der Waals surface area contributed by atoms with Crippen molar-refractivity contribution in [3.8, 4) is 5.75 Å². The van der Waals surface area contributed by atoms with Crippen molar-refractivity contribution in [2.45, 2.75) is 31.8 Å². The molecule has 1 saturated carbocycles. The predicted octanol–water partition coefficient (Wildman–Crippen LogP) is 2.87. The van der Waals surface area contributed by atoms with Crippen LogP contribution in [0.2, 0.25) is 0 Å². The highest BCUT2D eigenvalue weighted by atomic mass is 16.5. The minimum Gasteiger partial charge on any atom is -0.497 e. The van der Waals surface area contributed by atoms with Crippen LogP contribution in [0.1, 0.15) is 45.5 Å². The van der Waals surface area contributed by atoms with Crippen molar-refractivity contribution in [2.24, 2.45) is 0 Å². The molecule has 2 aromatic rings. The molecular weight excluding hydrogens is 356 g/mol. The molecule has 3 amide bonds. The Balaban J connectivity index is 1.40. The molecule has 0 aromatic heterocycles. The Morgan fingerprint density at radius 1 is 1.04 bits per heavy atom. The molecule has 1 aliphatic carbocycles. The van der Waals surface area contributed by atoms with Gasteiger partial charge in [-0.2, -0.15) is 0 Å². The zero-order chi connectivity index (χ0) is 19.7. The molecular formula is C22H22N2O4. The number of amides is 3. The summed E-state index contributed by atoms with van der Waals surface area (Å²) in [7, 11) is 1.62. The lowest BCUT2D eigenvalue weighted by Crippen LogP contribution is -2.37. The van der Waals surface area contributed by atoms with Crippen LogP contribution < -0.4 is 4.74 Å². The first kappa shape index (κ1) is 18.2. The normalized spacial score (nSPS) is 15.5. The average molecular weight is 378 g/mol. The summed E-state index contributed by atoms with van der Waals surface area (Å²) in [5, 5.41) is 0. The van der Waals surface area contributed by atoms with Crippen LogP contribution in [0, 0.1) is 0 Å². The molecule has 144 valence electrons. The topological polar surface area (TPSA) is 66.9 Å². The number of carbonyl (C=O) groups is 3. The number of hydrogen-bond donors (Lipinski definition) is 0. The second-order valence-corrected chi connectivity index (χ2v) is 7.16. The summed E-state index contributed by atoms with van der Waals surface area (Å²) in [4.78, 5) is 40.8. The van der Waals surface area contributed by atoms with E-state index in [1.54, 1.807) is 31.4 Å². The lowest BCUT2D eigenvalue weighted by molar-refractivity contribution is -0.132. The fourth-order valence-corrected chi connectivity index (χ4v) is 3.53. The molecule has 0 spiro atoms. The Hall–Kier alpha value is -3.15. The first-order valence-corrected chi connectivity index (χ1v) is 9.46. The van der Waals surface area contributed by atoms with Gasteiger partial charge in [-0.25, -0.2) is 0 Å². The second kappa shape index (κ2) is 7.46. The van der Waals surface area contributed by atoms with Gasteiger partial charge in [-0.05, 0) is 42.7 Å². The average Bonchev–Trinajstić information content (AvgIpc) is 3.53. The fourth-order valence-electron chi connectivity index (χ4n) is 3.53. The monoisotopic (exact) mass is 378 g/mol. The molecule has 0 atom stereocenters. The zero-order valence-electron chi connectivity index (χ0n) is 15.8. The molecule has 2 aromatic carbocycles. The van der Waals surface area contributed by atoms with E-state index in [0.717, 1.165) is 24.2 Å². The van der Waals surface area contributed by atoms with Crippen LogP contribution in [0.3, 0.4) is 0 Å². The number of hydrogen-bond acceptors (Lipinski definition) is 4. The number of benzene rings is 2. The number of imide groups is 1. The van der Waals surface area contributed by atoms with Crippen molar-refractivity contribution in [3.63, 3.8) is 0 Å². The number of carbonyl (C=O) groups excluding carboxylic acids is 3. The maximum absolute atomic E-state index is 12.8. The fraction of sp³-hybridized carbons (Fsp3) is 0.318. The van der Waals surface area contributed by atoms with E-state index in [1.807, 2.05) is 29.2 Å². The van der Waals surface area contributed by atoms with E-state index >= 15 is 0 Å². The Morgan fingerprint density at radius 2 is 1.64 bits per heavy atom. The number of fused-ring (bicyclic) bond motifs is 1. The van der Waals surface area contributed by atoms with Crippen molar-refractivity contribution in [1.82, 2.24) is 9.80 Å². The summed E-state index contributed by atoms with van der Waals surface area (Å²) in [5.74, 6) is 0.108. The van der Waals surface area contributed by atoms with Crippen LogP contribution in [-0.2, 0) is 11.3 Å². The van der Waals surface area contributed by atoms with Crippen molar-refractivity contribution in [3.05, 3.63) is 65.2 Å². The highest BCUT2D eigenvalue weighted by Gasteiger charge is 2.37. The minimum atomic E-state index is -0.318. The van der Waals surface area contributed by atoms with Gasteiger partial charge < -0.3 is 9.64 Å². The van der Waals surface area contributed by atoms with Gasteiger partial charge >= 0.3 is 0 Å². The van der Waals surface area contributed by atoms with Crippen LogP contribution in [0.25, 0.3) is 0 Å². The lowest BCUT2D eigenvalue weighted by Gasteiger charge is -2.24. The molecule has 1 aliphatic heterocycles. The zero-order valence-corrected chi connectivity index (χ0v) is 15.8. The summed E-state index contributed by atoms with van der Waals surface area (Å²) in [6.07, 6.45) is 2.13. The molecule has 1 heterocycles. The van der Waals surface area contributed by atoms with Gasteiger partial charge in [0, 0.05) is 25.6 Å². The van der Waals surface area contributed by atoms with Gasteiger partial charge in [0.15, 0.2) is 0 Å². The molecule has 0 unspecified atom stereocenters. The number of methoxy groups -OCH3 is 1. The van der Waals surface area contributed by atoms with Gasteiger partial charge in [0.05, 0.1) is 18.2 Å². The van der Waals surface area contributed by atoms with Crippen molar-refractivity contribution >= 4 is 17.7 Å². The molecule has 6 heteroatoms. The highest BCUT2D eigenvalue weighted by Crippen LogP contribution is 2.30. The van der Waals surface area contributed by atoms with Crippen LogP contribution in [0.15, 0.2) is 48.5 Å². The Bertz CT molecular complexity index is 883. The van der Waals surface area contributed by atoms with Crippen molar-refractivity contribution in [2.75, 3.05) is 13.7 Å². The number of nitrogens with zero attached hydrogens (tertiary/aromatic N) is 2. The Labute approximate surface area is 163 Å². The first-order valence-electron chi connectivity index (χ1n) is 9.46. The highest BCUT2D eigenvalue weighted by molar-refractivity contribution is 6.21. The molecule has 0 saturated heterocycles. The molecule has 4 rings (SSSR count). The van der Waals surface area contributed by atoms with E-state index in [4.69, 9.17) is 4.74 Å². The predicted molar refractivity (Wildman–Crippen MR) is 103 cm³/mol. The summed E-state index contributed by atoms with van der Waals surface area (Å²) < 4.78 is 5.17. The van der Waals surface area contributed by atoms with Crippen LogP contribution in [0.4, 0.5) is 0 Å². The number of rotatable bonds is 7. The maximum Gasteiger partial charge on any atom is 0.261 e. The summed E-state index contributed by atoms with van der Waals surface area (Å²) >= 11 is 0. The third-order valence-corrected chi connectivity index (χ3v) is 5.25. The third kappa shape index (κ3) is 3.50. The van der Waals surface area contributed by atoms with Gasteiger partial charge in [0.1, 0.15) is 5.75 Å². The third-order valence-electron chi connectivity index (χ3n) is 5.25. The van der Waals surface area contributed by atoms with Gasteiger partial charge in [-0.1, -0.05) is 24.3 Å². The summed E-state index contributed by atoms with van der Waals surface area (Å²) in [6.45, 7) is 0.632. The maximum atomic E-state index is 12.8. The quantitative estimate of drug-likeness (QED) is 0.695. The minimum absolute atomic E-state index is 0.0325. The molecule has 6 nitrogen and oxygen atoms in total.